The van der Waals surface area contributed by atoms with E-state index in [1.54, 1.807) is 33.0 Å². The number of benzene rings is 1. The highest BCUT2D eigenvalue weighted by Crippen LogP contribution is 2.20. The summed E-state index contributed by atoms with van der Waals surface area (Å²) >= 11 is 0. The molecule has 0 radical (unpaired) electrons. The first-order valence-corrected chi connectivity index (χ1v) is 4.81. The number of nitrogens with one attached hydrogen (secondary N) is 1. The average molecular weight is 214 g/mol. The molecule has 0 heterocycles. The van der Waals surface area contributed by atoms with Crippen LogP contribution in [0.3, 0.4) is 0 Å². The summed E-state index contributed by atoms with van der Waals surface area (Å²) in [6, 6.07) is 2.21. The molecule has 0 aliphatic carbocycles. The molecule has 0 aliphatic rings. The summed E-state index contributed by atoms with van der Waals surface area (Å²) in [7, 11) is 3.61. The van der Waals surface area contributed by atoms with Gasteiger partial charge < -0.3 is 0 Å². The van der Waals surface area contributed by atoms with Gasteiger partial charge in [-0.3, -0.25) is 5.01 Å². The van der Waals surface area contributed by atoms with E-state index in [9.17, 15) is 8.78 Å². The van der Waals surface area contributed by atoms with E-state index < -0.39 is 0 Å². The van der Waals surface area contributed by atoms with Crippen molar-refractivity contribution >= 4 is 0 Å². The fourth-order valence-corrected chi connectivity index (χ4v) is 1.45. The Kier molecular flexibility index (Phi) is 3.77. The fraction of sp³-hybridized carbons (Fsp3) is 0.455. The Labute approximate surface area is 88.9 Å². The van der Waals surface area contributed by atoms with Gasteiger partial charge in [0.25, 0.3) is 0 Å². The molecular weight excluding hydrogens is 198 g/mol. The molecule has 0 amide bonds. The van der Waals surface area contributed by atoms with Crippen LogP contribution in [0.2, 0.25) is 0 Å². The molecule has 0 saturated heterocycles. The molecule has 1 aromatic carbocycles. The molecule has 15 heavy (non-hydrogen) atoms. The Balaban J connectivity index is 2.98. The molecule has 0 saturated carbocycles. The highest BCUT2D eigenvalue weighted by molar-refractivity contribution is 5.27. The Morgan fingerprint density at radius 2 is 1.80 bits per heavy atom. The van der Waals surface area contributed by atoms with Crippen LogP contribution in [0.25, 0.3) is 0 Å². The van der Waals surface area contributed by atoms with Gasteiger partial charge in [-0.25, -0.2) is 14.2 Å². The van der Waals surface area contributed by atoms with E-state index in [-0.39, 0.29) is 17.7 Å². The molecule has 0 bridgehead atoms. The lowest BCUT2D eigenvalue weighted by Crippen LogP contribution is -2.33. The molecule has 1 unspecified atom stereocenters. The quantitative estimate of drug-likeness (QED) is 0.777. The molecule has 0 spiro atoms. The summed E-state index contributed by atoms with van der Waals surface area (Å²) in [5, 5.41) is 1.71. The van der Waals surface area contributed by atoms with Gasteiger partial charge in [-0.2, -0.15) is 0 Å². The van der Waals surface area contributed by atoms with E-state index >= 15 is 0 Å². The van der Waals surface area contributed by atoms with Crippen molar-refractivity contribution in [3.63, 3.8) is 0 Å². The van der Waals surface area contributed by atoms with E-state index in [4.69, 9.17) is 0 Å². The zero-order valence-electron chi connectivity index (χ0n) is 9.44. The normalized spacial score (nSPS) is 13.3. The van der Waals surface area contributed by atoms with Gasteiger partial charge in [0, 0.05) is 25.7 Å². The van der Waals surface area contributed by atoms with Crippen molar-refractivity contribution in [3.05, 3.63) is 34.9 Å². The predicted octanol–water partition coefficient (Wildman–Crippen LogP) is 2.40. The van der Waals surface area contributed by atoms with E-state index in [1.165, 1.54) is 12.1 Å². The standard InChI is InChI=1S/C11H16F2N2/c1-7-5-11(13)9(6-10(7)12)8(2)14-15(3)4/h5-6,8,14H,1-4H3. The number of aryl methyl sites for hydroxylation is 1. The van der Waals surface area contributed by atoms with Crippen molar-refractivity contribution in [3.8, 4) is 0 Å². The molecule has 0 fully saturated rings. The Morgan fingerprint density at radius 3 is 2.33 bits per heavy atom. The number of nitrogens with zero attached hydrogens (tertiary/aromatic N) is 1. The van der Waals surface area contributed by atoms with Crippen LogP contribution in [-0.4, -0.2) is 19.1 Å². The van der Waals surface area contributed by atoms with Crippen LogP contribution in [-0.2, 0) is 0 Å². The first kappa shape index (κ1) is 12.1. The van der Waals surface area contributed by atoms with Crippen LogP contribution in [0.4, 0.5) is 8.78 Å². The van der Waals surface area contributed by atoms with Gasteiger partial charge in [-0.1, -0.05) is 0 Å². The predicted molar refractivity (Wildman–Crippen MR) is 56.3 cm³/mol. The number of rotatable bonds is 3. The molecule has 1 aromatic rings. The highest BCUT2D eigenvalue weighted by atomic mass is 19.1. The third-order valence-corrected chi connectivity index (χ3v) is 2.20. The lowest BCUT2D eigenvalue weighted by Gasteiger charge is -2.20. The smallest absolute Gasteiger partial charge is 0.128 e. The molecule has 1 rings (SSSR count). The van der Waals surface area contributed by atoms with E-state index in [0.717, 1.165) is 0 Å². The maximum absolute atomic E-state index is 13.5. The van der Waals surface area contributed by atoms with Gasteiger partial charge >= 0.3 is 0 Å². The Hall–Kier alpha value is -1.00. The molecular formula is C11H16F2N2. The lowest BCUT2D eigenvalue weighted by atomic mass is 10.1. The number of hydrogen-bond donors (Lipinski definition) is 1. The Morgan fingerprint density at radius 1 is 1.20 bits per heavy atom. The minimum atomic E-state index is -0.379. The van der Waals surface area contributed by atoms with Gasteiger partial charge in [0.05, 0.1) is 0 Å². The maximum Gasteiger partial charge on any atom is 0.128 e. The van der Waals surface area contributed by atoms with Crippen LogP contribution >= 0.6 is 0 Å². The van der Waals surface area contributed by atoms with Crippen LogP contribution in [0, 0.1) is 18.6 Å². The SMILES string of the molecule is Cc1cc(F)c(C(C)NN(C)C)cc1F. The van der Waals surface area contributed by atoms with Gasteiger partial charge in [0.2, 0.25) is 0 Å². The molecule has 2 nitrogen and oxygen atoms in total. The monoisotopic (exact) mass is 214 g/mol. The van der Waals surface area contributed by atoms with Crippen molar-refractivity contribution < 1.29 is 8.78 Å². The van der Waals surface area contributed by atoms with Crippen LogP contribution < -0.4 is 5.43 Å². The fourth-order valence-electron chi connectivity index (χ4n) is 1.45. The van der Waals surface area contributed by atoms with Crippen molar-refractivity contribution in [1.82, 2.24) is 10.4 Å². The largest absolute Gasteiger partial charge is 0.250 e. The molecule has 84 valence electrons. The number of halogens is 2. The first-order valence-electron chi connectivity index (χ1n) is 4.81. The summed E-state index contributed by atoms with van der Waals surface area (Å²) in [6.45, 7) is 3.33. The van der Waals surface area contributed by atoms with E-state index in [0.29, 0.717) is 11.1 Å². The van der Waals surface area contributed by atoms with Crippen LogP contribution in [0.5, 0.6) is 0 Å². The second kappa shape index (κ2) is 4.68. The minimum Gasteiger partial charge on any atom is -0.250 e. The summed E-state index contributed by atoms with van der Waals surface area (Å²) in [4.78, 5) is 0. The molecule has 0 aromatic heterocycles. The highest BCUT2D eigenvalue weighted by Gasteiger charge is 2.13. The van der Waals surface area contributed by atoms with Gasteiger partial charge in [-0.05, 0) is 31.5 Å². The van der Waals surface area contributed by atoms with Crippen LogP contribution in [0.1, 0.15) is 24.1 Å². The zero-order chi connectivity index (χ0) is 11.6. The topological polar surface area (TPSA) is 15.3 Å². The maximum atomic E-state index is 13.5. The van der Waals surface area contributed by atoms with Crippen LogP contribution in [0.15, 0.2) is 12.1 Å². The van der Waals surface area contributed by atoms with Gasteiger partial charge in [0.1, 0.15) is 11.6 Å². The summed E-state index contributed by atoms with van der Waals surface area (Å²) in [5.41, 5.74) is 3.64. The van der Waals surface area contributed by atoms with E-state index in [1.807, 2.05) is 0 Å². The Bertz CT molecular complexity index is 351. The third kappa shape index (κ3) is 2.97. The van der Waals surface area contributed by atoms with E-state index in [2.05, 4.69) is 5.43 Å². The number of hydrogen-bond acceptors (Lipinski definition) is 2. The first-order chi connectivity index (χ1) is 6.91. The zero-order valence-corrected chi connectivity index (χ0v) is 9.44. The van der Waals surface area contributed by atoms with Crippen molar-refractivity contribution in [2.24, 2.45) is 0 Å². The summed E-state index contributed by atoms with van der Waals surface area (Å²) in [5.74, 6) is -0.755. The van der Waals surface area contributed by atoms with Crippen molar-refractivity contribution in [2.75, 3.05) is 14.1 Å². The van der Waals surface area contributed by atoms with Crippen molar-refractivity contribution in [1.29, 1.82) is 0 Å². The molecule has 4 heteroatoms. The molecule has 1 atom stereocenters. The third-order valence-electron chi connectivity index (χ3n) is 2.20. The van der Waals surface area contributed by atoms with Gasteiger partial charge in [0.15, 0.2) is 0 Å². The lowest BCUT2D eigenvalue weighted by molar-refractivity contribution is 0.249. The molecule has 1 N–H and O–H groups in total. The molecule has 0 aliphatic heterocycles. The van der Waals surface area contributed by atoms with Gasteiger partial charge in [-0.15, -0.1) is 0 Å². The van der Waals surface area contributed by atoms with Crippen molar-refractivity contribution in [2.45, 2.75) is 19.9 Å². The average Bonchev–Trinajstić information content (AvgIpc) is 2.09. The minimum absolute atomic E-state index is 0.255. The second-order valence-corrected chi connectivity index (χ2v) is 3.87. The summed E-state index contributed by atoms with van der Waals surface area (Å²) < 4.78 is 26.8. The summed E-state index contributed by atoms with van der Waals surface area (Å²) in [6.07, 6.45) is 0. The number of hydrazine groups is 1. The second-order valence-electron chi connectivity index (χ2n) is 3.87.